The molecule has 0 radical (unpaired) electrons. The van der Waals surface area contributed by atoms with Crippen molar-refractivity contribution in [3.63, 3.8) is 0 Å². The lowest BCUT2D eigenvalue weighted by Gasteiger charge is -2.17. The fourth-order valence-corrected chi connectivity index (χ4v) is 2.98. The Kier molecular flexibility index (Phi) is 3.22. The molecule has 0 aliphatic heterocycles. The Morgan fingerprint density at radius 2 is 2.25 bits per heavy atom. The first-order valence-electron chi connectivity index (χ1n) is 7.84. The molecule has 3 N–H and O–H groups in total. The molecule has 1 saturated carbocycles. The lowest BCUT2D eigenvalue weighted by Crippen LogP contribution is -2.30. The highest BCUT2D eigenvalue weighted by atomic mass is 16.1. The number of hydrogen-bond acceptors (Lipinski definition) is 5. The van der Waals surface area contributed by atoms with Crippen molar-refractivity contribution in [2.75, 3.05) is 0 Å². The van der Waals surface area contributed by atoms with Crippen LogP contribution in [0.25, 0.3) is 16.7 Å². The highest BCUT2D eigenvalue weighted by Crippen LogP contribution is 2.39. The second kappa shape index (κ2) is 5.28. The van der Waals surface area contributed by atoms with E-state index in [1.165, 1.54) is 4.57 Å². The van der Waals surface area contributed by atoms with Gasteiger partial charge in [-0.1, -0.05) is 6.07 Å². The molecule has 2 heterocycles. The molecule has 2 aromatic heterocycles. The third-order valence-electron chi connectivity index (χ3n) is 4.49. The third kappa shape index (κ3) is 2.12. The summed E-state index contributed by atoms with van der Waals surface area (Å²) in [7, 11) is 0. The average Bonchev–Trinajstić information content (AvgIpc) is 3.36. The number of nitrogens with zero attached hydrogens (tertiary/aromatic N) is 4. The van der Waals surface area contributed by atoms with E-state index in [-0.39, 0.29) is 11.6 Å². The molecule has 0 bridgehead atoms. The molecular weight excluding hydrogens is 304 g/mol. The standard InChI is InChI=1S/C17H16N6O/c1-9-8-20-22-15(9)23-16(13(19)10-5-6-10)21-14-11(7-18)3-2-4-12(14)17(23)24/h2-4,8,10,13H,5-6,19H2,1H3,(H,20,22). The number of nitriles is 1. The number of rotatable bonds is 3. The van der Waals surface area contributed by atoms with Crippen LogP contribution >= 0.6 is 0 Å². The van der Waals surface area contributed by atoms with Gasteiger partial charge in [-0.3, -0.25) is 9.89 Å². The van der Waals surface area contributed by atoms with E-state index in [9.17, 15) is 10.1 Å². The van der Waals surface area contributed by atoms with E-state index in [0.717, 1.165) is 18.4 Å². The summed E-state index contributed by atoms with van der Waals surface area (Å²) in [5.74, 6) is 1.28. The SMILES string of the molecule is Cc1c[nH]nc1-n1c(C(N)C2CC2)nc2c(C#N)cccc2c1=O. The number of benzene rings is 1. The normalized spacial score (nSPS) is 15.4. The van der Waals surface area contributed by atoms with Crippen molar-refractivity contribution < 1.29 is 0 Å². The van der Waals surface area contributed by atoms with Crippen LogP contribution in [0, 0.1) is 24.2 Å². The Bertz CT molecular complexity index is 1040. The molecular formula is C17H16N6O. The monoisotopic (exact) mass is 320 g/mol. The molecule has 0 amide bonds. The van der Waals surface area contributed by atoms with Gasteiger partial charge in [0.25, 0.3) is 5.56 Å². The van der Waals surface area contributed by atoms with Crippen LogP contribution in [-0.2, 0) is 0 Å². The molecule has 1 fully saturated rings. The Morgan fingerprint density at radius 1 is 1.46 bits per heavy atom. The lowest BCUT2D eigenvalue weighted by molar-refractivity contribution is 0.570. The Labute approximate surface area is 137 Å². The van der Waals surface area contributed by atoms with E-state index >= 15 is 0 Å². The molecule has 1 aromatic carbocycles. The van der Waals surface area contributed by atoms with E-state index in [2.05, 4.69) is 21.3 Å². The van der Waals surface area contributed by atoms with Crippen molar-refractivity contribution in [2.45, 2.75) is 25.8 Å². The Balaban J connectivity index is 2.11. The Hall–Kier alpha value is -2.98. The van der Waals surface area contributed by atoms with E-state index < -0.39 is 0 Å². The summed E-state index contributed by atoms with van der Waals surface area (Å²) < 4.78 is 1.48. The number of aromatic amines is 1. The minimum Gasteiger partial charge on any atom is -0.321 e. The van der Waals surface area contributed by atoms with Gasteiger partial charge >= 0.3 is 0 Å². The van der Waals surface area contributed by atoms with Crippen molar-refractivity contribution in [1.82, 2.24) is 19.7 Å². The summed E-state index contributed by atoms with van der Waals surface area (Å²) in [6.07, 6.45) is 3.77. The van der Waals surface area contributed by atoms with Crippen LogP contribution in [0.1, 0.15) is 35.8 Å². The quantitative estimate of drug-likeness (QED) is 0.762. The van der Waals surface area contributed by atoms with Crippen LogP contribution in [0.4, 0.5) is 0 Å². The van der Waals surface area contributed by atoms with Crippen molar-refractivity contribution >= 4 is 10.9 Å². The van der Waals surface area contributed by atoms with Crippen molar-refractivity contribution in [2.24, 2.45) is 11.7 Å². The van der Waals surface area contributed by atoms with Crippen LogP contribution < -0.4 is 11.3 Å². The minimum atomic E-state index is -0.357. The minimum absolute atomic E-state index is 0.251. The zero-order chi connectivity index (χ0) is 16.8. The summed E-state index contributed by atoms with van der Waals surface area (Å²) in [6.45, 7) is 1.87. The lowest BCUT2D eigenvalue weighted by atomic mass is 10.1. The van der Waals surface area contributed by atoms with Gasteiger partial charge < -0.3 is 5.73 Å². The number of nitrogens with one attached hydrogen (secondary N) is 1. The van der Waals surface area contributed by atoms with Crippen LogP contribution in [0.2, 0.25) is 0 Å². The van der Waals surface area contributed by atoms with Crippen molar-refractivity contribution in [3.8, 4) is 11.9 Å². The number of para-hydroxylation sites is 1. The predicted octanol–water partition coefficient (Wildman–Crippen LogP) is 1.70. The Morgan fingerprint density at radius 3 is 2.88 bits per heavy atom. The van der Waals surface area contributed by atoms with Gasteiger partial charge in [-0.05, 0) is 37.8 Å². The first-order chi connectivity index (χ1) is 11.6. The molecule has 3 aromatic rings. The van der Waals surface area contributed by atoms with Crippen LogP contribution in [-0.4, -0.2) is 19.7 Å². The van der Waals surface area contributed by atoms with Gasteiger partial charge in [0.15, 0.2) is 5.82 Å². The van der Waals surface area contributed by atoms with Crippen LogP contribution in [0.3, 0.4) is 0 Å². The molecule has 1 aliphatic rings. The van der Waals surface area contributed by atoms with Crippen LogP contribution in [0.5, 0.6) is 0 Å². The highest BCUT2D eigenvalue weighted by molar-refractivity contribution is 5.83. The second-order valence-electron chi connectivity index (χ2n) is 6.18. The molecule has 7 heteroatoms. The molecule has 4 rings (SSSR count). The topological polar surface area (TPSA) is 113 Å². The first-order valence-corrected chi connectivity index (χ1v) is 7.84. The smallest absolute Gasteiger partial charge is 0.267 e. The molecule has 0 spiro atoms. The van der Waals surface area contributed by atoms with Gasteiger partial charge in [0, 0.05) is 11.8 Å². The number of hydrogen-bond donors (Lipinski definition) is 2. The van der Waals surface area contributed by atoms with Crippen molar-refractivity contribution in [3.05, 3.63) is 51.7 Å². The van der Waals surface area contributed by atoms with Gasteiger partial charge in [-0.15, -0.1) is 0 Å². The number of aryl methyl sites for hydroxylation is 1. The maximum atomic E-state index is 13.1. The zero-order valence-electron chi connectivity index (χ0n) is 13.2. The van der Waals surface area contributed by atoms with E-state index in [1.54, 1.807) is 24.4 Å². The van der Waals surface area contributed by atoms with Gasteiger partial charge in [-0.25, -0.2) is 9.55 Å². The number of aromatic nitrogens is 4. The maximum absolute atomic E-state index is 13.1. The summed E-state index contributed by atoms with van der Waals surface area (Å²) in [5.41, 5.74) is 7.72. The molecule has 1 unspecified atom stereocenters. The second-order valence-corrected chi connectivity index (χ2v) is 6.18. The van der Waals surface area contributed by atoms with E-state index in [1.807, 2.05) is 6.92 Å². The zero-order valence-corrected chi connectivity index (χ0v) is 13.2. The molecule has 1 atom stereocenters. The summed E-state index contributed by atoms with van der Waals surface area (Å²) in [5, 5.41) is 16.7. The fourth-order valence-electron chi connectivity index (χ4n) is 2.98. The van der Waals surface area contributed by atoms with Gasteiger partial charge in [0.1, 0.15) is 11.9 Å². The molecule has 120 valence electrons. The summed E-state index contributed by atoms with van der Waals surface area (Å²) >= 11 is 0. The summed E-state index contributed by atoms with van der Waals surface area (Å²) in [6, 6.07) is 6.77. The van der Waals surface area contributed by atoms with Crippen LogP contribution in [0.15, 0.2) is 29.2 Å². The number of nitrogens with two attached hydrogens (primary N) is 1. The average molecular weight is 320 g/mol. The third-order valence-corrected chi connectivity index (χ3v) is 4.49. The number of H-pyrrole nitrogens is 1. The molecule has 0 saturated heterocycles. The van der Waals surface area contributed by atoms with Crippen molar-refractivity contribution in [1.29, 1.82) is 5.26 Å². The number of fused-ring (bicyclic) bond motifs is 1. The molecule has 1 aliphatic carbocycles. The van der Waals surface area contributed by atoms with Gasteiger partial charge in [0.2, 0.25) is 0 Å². The summed E-state index contributed by atoms with van der Waals surface area (Å²) in [4.78, 5) is 17.7. The van der Waals surface area contributed by atoms with Gasteiger partial charge in [-0.2, -0.15) is 10.4 Å². The molecule has 7 nitrogen and oxygen atoms in total. The predicted molar refractivity (Wildman–Crippen MR) is 88.6 cm³/mol. The highest BCUT2D eigenvalue weighted by Gasteiger charge is 2.33. The van der Waals surface area contributed by atoms with E-state index in [0.29, 0.717) is 34.0 Å². The van der Waals surface area contributed by atoms with E-state index in [4.69, 9.17) is 5.73 Å². The fraction of sp³-hybridized carbons (Fsp3) is 0.294. The first kappa shape index (κ1) is 14.6. The van der Waals surface area contributed by atoms with Gasteiger partial charge in [0.05, 0.1) is 22.5 Å². The molecule has 24 heavy (non-hydrogen) atoms. The largest absolute Gasteiger partial charge is 0.321 e. The maximum Gasteiger partial charge on any atom is 0.267 e.